The van der Waals surface area contributed by atoms with Crippen molar-refractivity contribution in [2.24, 2.45) is 4.99 Å². The summed E-state index contributed by atoms with van der Waals surface area (Å²) in [6.45, 7) is 2.60. The van der Waals surface area contributed by atoms with Crippen molar-refractivity contribution >= 4 is 23.5 Å². The number of rotatable bonds is 5. The van der Waals surface area contributed by atoms with Crippen molar-refractivity contribution in [1.82, 2.24) is 10.3 Å². The fraction of sp³-hybridized carbons (Fsp3) is 0.273. The summed E-state index contributed by atoms with van der Waals surface area (Å²) in [5.74, 6) is 0.178. The van der Waals surface area contributed by atoms with Crippen LogP contribution in [0.25, 0.3) is 0 Å². The Hall–Kier alpha value is -1.89. The maximum absolute atomic E-state index is 11.6. The smallest absolute Gasteiger partial charge is 0.320 e. The SMILES string of the molecule is CC[n+]1cc(/N=C(/[O-])CSc2ccccn2)on1. The zero-order chi connectivity index (χ0) is 12.8. The first-order valence-electron chi connectivity index (χ1n) is 5.43. The summed E-state index contributed by atoms with van der Waals surface area (Å²) in [5.41, 5.74) is 0. The molecule has 7 heteroatoms. The molecule has 0 aromatic carbocycles. The highest BCUT2D eigenvalue weighted by Gasteiger charge is 2.06. The summed E-state index contributed by atoms with van der Waals surface area (Å²) in [5, 5.41) is 16.0. The van der Waals surface area contributed by atoms with Crippen LogP contribution >= 0.6 is 11.8 Å². The molecule has 0 aliphatic heterocycles. The number of hydrogen-bond donors (Lipinski definition) is 0. The van der Waals surface area contributed by atoms with Crippen molar-refractivity contribution in [3.8, 4) is 0 Å². The monoisotopic (exact) mass is 264 g/mol. The normalized spacial score (nSPS) is 11.7. The van der Waals surface area contributed by atoms with E-state index in [1.807, 2.05) is 25.1 Å². The molecule has 0 atom stereocenters. The number of hydrogen-bond acceptors (Lipinski definition) is 6. The van der Waals surface area contributed by atoms with Gasteiger partial charge in [-0.2, -0.15) is 0 Å². The van der Waals surface area contributed by atoms with Crippen molar-refractivity contribution in [1.29, 1.82) is 0 Å². The quantitative estimate of drug-likeness (QED) is 0.341. The van der Waals surface area contributed by atoms with Crippen LogP contribution in [0.1, 0.15) is 6.92 Å². The molecular weight excluding hydrogens is 252 g/mol. The van der Waals surface area contributed by atoms with Crippen LogP contribution in [0.2, 0.25) is 0 Å². The Morgan fingerprint density at radius 1 is 1.56 bits per heavy atom. The number of nitrogens with zero attached hydrogens (tertiary/aromatic N) is 4. The summed E-state index contributed by atoms with van der Waals surface area (Å²) in [7, 11) is 0. The lowest BCUT2D eigenvalue weighted by Crippen LogP contribution is -2.32. The molecule has 2 aromatic heterocycles. The van der Waals surface area contributed by atoms with Gasteiger partial charge < -0.3 is 5.11 Å². The maximum atomic E-state index is 11.6. The Bertz CT molecular complexity index is 527. The summed E-state index contributed by atoms with van der Waals surface area (Å²) >= 11 is 1.34. The molecule has 0 saturated carbocycles. The minimum absolute atomic E-state index is 0.225. The lowest BCUT2D eigenvalue weighted by Gasteiger charge is -2.07. The van der Waals surface area contributed by atoms with Gasteiger partial charge >= 0.3 is 5.88 Å². The van der Waals surface area contributed by atoms with Crippen molar-refractivity contribution in [2.75, 3.05) is 5.75 Å². The second kappa shape index (κ2) is 6.15. The van der Waals surface area contributed by atoms with Gasteiger partial charge in [0.2, 0.25) is 5.27 Å². The molecule has 6 nitrogen and oxygen atoms in total. The maximum Gasteiger partial charge on any atom is 0.320 e. The molecule has 0 fully saturated rings. The Morgan fingerprint density at radius 3 is 3.11 bits per heavy atom. The molecule has 0 spiro atoms. The number of aliphatic imine (C=N–C) groups is 1. The van der Waals surface area contributed by atoms with Crippen molar-refractivity contribution < 1.29 is 14.3 Å². The second-order valence-electron chi connectivity index (χ2n) is 3.36. The molecule has 0 radical (unpaired) electrons. The molecule has 0 aliphatic carbocycles. The molecule has 2 aromatic rings. The first-order valence-corrected chi connectivity index (χ1v) is 6.41. The van der Waals surface area contributed by atoms with Crippen molar-refractivity contribution in [2.45, 2.75) is 18.5 Å². The lowest BCUT2D eigenvalue weighted by molar-refractivity contribution is -0.759. The summed E-state index contributed by atoms with van der Waals surface area (Å²) in [6, 6.07) is 5.54. The predicted molar refractivity (Wildman–Crippen MR) is 64.4 cm³/mol. The number of pyridine rings is 1. The molecule has 2 heterocycles. The summed E-state index contributed by atoms with van der Waals surface area (Å²) in [4.78, 5) is 7.91. The Morgan fingerprint density at radius 2 is 2.44 bits per heavy atom. The first-order chi connectivity index (χ1) is 8.78. The molecule has 0 amide bonds. The average molecular weight is 264 g/mol. The lowest BCUT2D eigenvalue weighted by atomic mass is 10.5. The van der Waals surface area contributed by atoms with E-state index in [0.717, 1.165) is 5.03 Å². The molecule has 0 aliphatic rings. The van der Waals surface area contributed by atoms with E-state index in [2.05, 4.69) is 15.2 Å². The van der Waals surface area contributed by atoms with Gasteiger partial charge in [0.25, 0.3) is 6.20 Å². The van der Waals surface area contributed by atoms with Crippen LogP contribution in [0.15, 0.2) is 45.1 Å². The average Bonchev–Trinajstić information content (AvgIpc) is 2.85. The highest BCUT2D eigenvalue weighted by atomic mass is 32.2. The molecule has 0 bridgehead atoms. The highest BCUT2D eigenvalue weighted by molar-refractivity contribution is 7.99. The molecule has 2 rings (SSSR count). The van der Waals surface area contributed by atoms with Gasteiger partial charge in [-0.3, -0.25) is 4.52 Å². The van der Waals surface area contributed by atoms with Gasteiger partial charge in [0.1, 0.15) is 0 Å². The van der Waals surface area contributed by atoms with E-state index in [1.165, 1.54) is 11.8 Å². The molecule has 0 saturated heterocycles. The van der Waals surface area contributed by atoms with Gasteiger partial charge in [-0.25, -0.2) is 9.98 Å². The van der Waals surface area contributed by atoms with E-state index >= 15 is 0 Å². The van der Waals surface area contributed by atoms with Gasteiger partial charge in [0, 0.05) is 11.9 Å². The molecule has 0 unspecified atom stereocenters. The Balaban J connectivity index is 1.93. The van der Waals surface area contributed by atoms with Crippen molar-refractivity contribution in [3.05, 3.63) is 30.6 Å². The zero-order valence-corrected chi connectivity index (χ0v) is 10.6. The third-order valence-corrected chi connectivity index (χ3v) is 2.97. The van der Waals surface area contributed by atoms with Crippen LogP contribution in [0, 0.1) is 0 Å². The first kappa shape index (κ1) is 12.6. The predicted octanol–water partition coefficient (Wildman–Crippen LogP) is 0.560. The van der Waals surface area contributed by atoms with Crippen LogP contribution in [0.3, 0.4) is 0 Å². The summed E-state index contributed by atoms with van der Waals surface area (Å²) in [6.07, 6.45) is 3.27. The van der Waals surface area contributed by atoms with Crippen LogP contribution < -0.4 is 9.79 Å². The van der Waals surface area contributed by atoms with Gasteiger partial charge in [-0.1, -0.05) is 10.7 Å². The van der Waals surface area contributed by atoms with Gasteiger partial charge in [-0.05, 0) is 25.0 Å². The fourth-order valence-corrected chi connectivity index (χ4v) is 1.84. The molecule has 0 N–H and O–H groups in total. The Labute approximate surface area is 108 Å². The number of thioether (sulfide) groups is 1. The number of aryl methyl sites for hydroxylation is 1. The molecular formula is C11H12N4O2S. The van der Waals surface area contributed by atoms with E-state index in [9.17, 15) is 5.11 Å². The van der Waals surface area contributed by atoms with Gasteiger partial charge in [0.15, 0.2) is 6.54 Å². The molecule has 94 valence electrons. The largest absolute Gasteiger partial charge is 0.861 e. The van der Waals surface area contributed by atoms with Crippen LogP contribution in [0.5, 0.6) is 0 Å². The Kier molecular flexibility index (Phi) is 4.30. The van der Waals surface area contributed by atoms with Gasteiger partial charge in [0.05, 0.1) is 5.03 Å². The summed E-state index contributed by atoms with van der Waals surface area (Å²) < 4.78 is 6.45. The van der Waals surface area contributed by atoms with E-state index in [-0.39, 0.29) is 17.5 Å². The second-order valence-corrected chi connectivity index (χ2v) is 4.35. The standard InChI is InChI=1S/C11H12N4O2S/c1-2-15-7-10(17-14-15)13-9(16)8-18-11-5-3-4-6-12-11/h3-7H,2,8H2,1H3. The third kappa shape index (κ3) is 3.56. The fourth-order valence-electron chi connectivity index (χ4n) is 1.19. The van der Waals surface area contributed by atoms with Gasteiger partial charge in [-0.15, -0.1) is 11.8 Å². The van der Waals surface area contributed by atoms with E-state index in [1.54, 1.807) is 17.1 Å². The van der Waals surface area contributed by atoms with E-state index < -0.39 is 0 Å². The van der Waals surface area contributed by atoms with Crippen molar-refractivity contribution in [3.63, 3.8) is 0 Å². The van der Waals surface area contributed by atoms with E-state index in [0.29, 0.717) is 6.54 Å². The zero-order valence-electron chi connectivity index (χ0n) is 9.81. The topological polar surface area (TPSA) is 78.2 Å². The van der Waals surface area contributed by atoms with E-state index in [4.69, 9.17) is 4.52 Å². The van der Waals surface area contributed by atoms with Crippen LogP contribution in [-0.4, -0.2) is 21.9 Å². The third-order valence-electron chi connectivity index (χ3n) is 2.04. The minimum Gasteiger partial charge on any atom is -0.861 e. The van der Waals surface area contributed by atoms with Crippen LogP contribution in [-0.2, 0) is 6.54 Å². The highest BCUT2D eigenvalue weighted by Crippen LogP contribution is 2.14. The molecule has 18 heavy (non-hydrogen) atoms. The minimum atomic E-state index is -0.273. The van der Waals surface area contributed by atoms with Crippen LogP contribution in [0.4, 0.5) is 5.88 Å². The number of aromatic nitrogens is 3.